The molecule has 0 saturated heterocycles. The van der Waals surface area contributed by atoms with Gasteiger partial charge in [-0.3, -0.25) is 0 Å². The Labute approximate surface area is 153 Å². The monoisotopic (exact) mass is 404 g/mol. The van der Waals surface area contributed by atoms with Gasteiger partial charge in [-0.05, 0) is 53.2 Å². The van der Waals surface area contributed by atoms with Gasteiger partial charge in [0.2, 0.25) is 0 Å². The first kappa shape index (κ1) is 17.0. The van der Waals surface area contributed by atoms with Crippen molar-refractivity contribution in [3.63, 3.8) is 0 Å². The van der Waals surface area contributed by atoms with Crippen LogP contribution in [0.5, 0.6) is 11.5 Å². The summed E-state index contributed by atoms with van der Waals surface area (Å²) in [6, 6.07) is 6.05. The van der Waals surface area contributed by atoms with E-state index in [-0.39, 0.29) is 0 Å². The molecule has 0 saturated carbocycles. The first-order chi connectivity index (χ1) is 11.7. The predicted octanol–water partition coefficient (Wildman–Crippen LogP) is 5.03. The Hall–Kier alpha value is -1.84. The van der Waals surface area contributed by atoms with Gasteiger partial charge in [-0.15, -0.1) is 11.3 Å². The van der Waals surface area contributed by atoms with Crippen molar-refractivity contribution in [3.05, 3.63) is 38.2 Å². The summed E-state index contributed by atoms with van der Waals surface area (Å²) in [5.74, 6) is 1.38. The van der Waals surface area contributed by atoms with E-state index in [0.29, 0.717) is 11.5 Å². The summed E-state index contributed by atoms with van der Waals surface area (Å²) in [5.41, 5.74) is 2.77. The largest absolute Gasteiger partial charge is 0.496 e. The molecule has 1 aliphatic carbocycles. The highest BCUT2D eigenvalue weighted by Crippen LogP contribution is 2.39. The number of aryl methyl sites for hydroxylation is 1. The number of aliphatic imine (C=N–C) groups is 1. The standard InChI is InChI=1S/C18H17BrN2O2S/c1-22-15-8-16(23-2)14(19)7-11(15)10-21-18-13(9-20)12-5-3-4-6-17(12)24-18/h7-8,10H,3-6H2,1-2H3. The lowest BCUT2D eigenvalue weighted by Gasteiger charge is -2.09. The lowest BCUT2D eigenvalue weighted by atomic mass is 9.96. The molecule has 0 N–H and O–H groups in total. The molecule has 6 heteroatoms. The first-order valence-corrected chi connectivity index (χ1v) is 9.29. The Bertz CT molecular complexity index is 837. The number of benzene rings is 1. The van der Waals surface area contributed by atoms with Crippen LogP contribution in [0.25, 0.3) is 0 Å². The Balaban J connectivity index is 1.99. The molecule has 0 amide bonds. The van der Waals surface area contributed by atoms with Crippen LogP contribution >= 0.6 is 27.3 Å². The molecule has 0 radical (unpaired) electrons. The third kappa shape index (κ3) is 3.19. The Morgan fingerprint density at radius 1 is 1.21 bits per heavy atom. The van der Waals surface area contributed by atoms with Crippen LogP contribution in [0, 0.1) is 11.3 Å². The third-order valence-electron chi connectivity index (χ3n) is 4.09. The predicted molar refractivity (Wildman–Crippen MR) is 100 cm³/mol. The molecule has 1 aromatic heterocycles. The van der Waals surface area contributed by atoms with E-state index >= 15 is 0 Å². The van der Waals surface area contributed by atoms with Gasteiger partial charge in [-0.1, -0.05) is 0 Å². The summed E-state index contributed by atoms with van der Waals surface area (Å²) < 4.78 is 11.5. The van der Waals surface area contributed by atoms with Crippen molar-refractivity contribution in [2.24, 2.45) is 4.99 Å². The van der Waals surface area contributed by atoms with Gasteiger partial charge in [0, 0.05) is 22.7 Å². The van der Waals surface area contributed by atoms with Crippen molar-refractivity contribution in [3.8, 4) is 17.6 Å². The van der Waals surface area contributed by atoms with Crippen molar-refractivity contribution in [1.82, 2.24) is 0 Å². The molecule has 4 nitrogen and oxygen atoms in total. The number of hydrogen-bond donors (Lipinski definition) is 0. The molecule has 1 heterocycles. The van der Waals surface area contributed by atoms with E-state index in [1.54, 1.807) is 31.8 Å². The van der Waals surface area contributed by atoms with Gasteiger partial charge < -0.3 is 9.47 Å². The second-order valence-electron chi connectivity index (χ2n) is 5.49. The number of rotatable bonds is 4. The van der Waals surface area contributed by atoms with Crippen LogP contribution < -0.4 is 9.47 Å². The van der Waals surface area contributed by atoms with Gasteiger partial charge in [0.05, 0.1) is 24.3 Å². The van der Waals surface area contributed by atoms with Gasteiger partial charge in [-0.2, -0.15) is 5.26 Å². The van der Waals surface area contributed by atoms with E-state index in [9.17, 15) is 5.26 Å². The smallest absolute Gasteiger partial charge is 0.136 e. The fraction of sp³-hybridized carbons (Fsp3) is 0.333. The summed E-state index contributed by atoms with van der Waals surface area (Å²) in [4.78, 5) is 5.90. The fourth-order valence-corrected chi connectivity index (χ4v) is 4.58. The minimum absolute atomic E-state index is 0.679. The molecule has 0 fully saturated rings. The minimum Gasteiger partial charge on any atom is -0.496 e. The number of hydrogen-bond acceptors (Lipinski definition) is 5. The van der Waals surface area contributed by atoms with Gasteiger partial charge in [0.25, 0.3) is 0 Å². The van der Waals surface area contributed by atoms with Crippen LogP contribution in [0.3, 0.4) is 0 Å². The summed E-state index contributed by atoms with van der Waals surface area (Å²) in [6.07, 6.45) is 6.14. The first-order valence-electron chi connectivity index (χ1n) is 7.68. The number of fused-ring (bicyclic) bond motifs is 1. The van der Waals surface area contributed by atoms with Crippen LogP contribution in [-0.2, 0) is 12.8 Å². The van der Waals surface area contributed by atoms with Crippen molar-refractivity contribution >= 4 is 38.5 Å². The Morgan fingerprint density at radius 3 is 2.67 bits per heavy atom. The molecule has 1 aliphatic rings. The zero-order valence-electron chi connectivity index (χ0n) is 13.6. The third-order valence-corrected chi connectivity index (χ3v) is 5.91. The van der Waals surface area contributed by atoms with E-state index in [1.807, 2.05) is 12.1 Å². The Kier molecular flexibility index (Phi) is 5.22. The fourth-order valence-electron chi connectivity index (χ4n) is 2.87. The van der Waals surface area contributed by atoms with Gasteiger partial charge in [-0.25, -0.2) is 4.99 Å². The van der Waals surface area contributed by atoms with E-state index in [4.69, 9.17) is 9.47 Å². The molecule has 0 spiro atoms. The molecular formula is C18H17BrN2O2S. The molecule has 1 aromatic carbocycles. The number of nitriles is 1. The molecule has 0 atom stereocenters. The maximum Gasteiger partial charge on any atom is 0.136 e. The van der Waals surface area contributed by atoms with Crippen LogP contribution in [0.1, 0.15) is 34.4 Å². The second kappa shape index (κ2) is 7.37. The van der Waals surface area contributed by atoms with Gasteiger partial charge in [0.15, 0.2) is 0 Å². The Morgan fingerprint density at radius 2 is 1.96 bits per heavy atom. The highest BCUT2D eigenvalue weighted by atomic mass is 79.9. The van der Waals surface area contributed by atoms with E-state index in [1.165, 1.54) is 16.9 Å². The lowest BCUT2D eigenvalue weighted by molar-refractivity contribution is 0.392. The van der Waals surface area contributed by atoms with Crippen LogP contribution in [-0.4, -0.2) is 20.4 Å². The number of nitrogens with zero attached hydrogens (tertiary/aromatic N) is 2. The molecule has 0 unspecified atom stereocenters. The zero-order valence-corrected chi connectivity index (χ0v) is 16.0. The topological polar surface area (TPSA) is 54.6 Å². The number of thiophene rings is 1. The van der Waals surface area contributed by atoms with Crippen LogP contribution in [0.15, 0.2) is 21.6 Å². The van der Waals surface area contributed by atoms with Crippen molar-refractivity contribution in [2.75, 3.05) is 14.2 Å². The number of halogens is 1. The summed E-state index contributed by atoms with van der Waals surface area (Å²) >= 11 is 5.11. The van der Waals surface area contributed by atoms with Crippen molar-refractivity contribution in [1.29, 1.82) is 5.26 Å². The van der Waals surface area contributed by atoms with E-state index in [0.717, 1.165) is 39.9 Å². The molecule has 0 aliphatic heterocycles. The molecular weight excluding hydrogens is 388 g/mol. The van der Waals surface area contributed by atoms with E-state index < -0.39 is 0 Å². The minimum atomic E-state index is 0.679. The molecule has 3 rings (SSSR count). The van der Waals surface area contributed by atoms with Crippen molar-refractivity contribution < 1.29 is 9.47 Å². The van der Waals surface area contributed by atoms with Crippen LogP contribution in [0.4, 0.5) is 5.00 Å². The number of methoxy groups -OCH3 is 2. The van der Waals surface area contributed by atoms with Gasteiger partial charge in [0.1, 0.15) is 22.6 Å². The highest BCUT2D eigenvalue weighted by molar-refractivity contribution is 9.10. The quantitative estimate of drug-likeness (QED) is 0.671. The molecule has 0 bridgehead atoms. The SMILES string of the molecule is COc1cc(OC)c(C=Nc2sc3c(c2C#N)CCCC3)cc1Br. The highest BCUT2D eigenvalue weighted by Gasteiger charge is 2.20. The summed E-state index contributed by atoms with van der Waals surface area (Å²) in [5, 5.41) is 10.3. The number of ether oxygens (including phenoxy) is 2. The average molecular weight is 405 g/mol. The van der Waals surface area contributed by atoms with E-state index in [2.05, 4.69) is 27.0 Å². The van der Waals surface area contributed by atoms with Gasteiger partial charge >= 0.3 is 0 Å². The zero-order chi connectivity index (χ0) is 17.1. The molecule has 124 valence electrons. The average Bonchev–Trinajstić information content (AvgIpc) is 2.97. The molecule has 2 aromatic rings. The normalized spacial score (nSPS) is 13.6. The van der Waals surface area contributed by atoms with Crippen molar-refractivity contribution in [2.45, 2.75) is 25.7 Å². The van der Waals surface area contributed by atoms with Crippen LogP contribution in [0.2, 0.25) is 0 Å². The summed E-state index contributed by atoms with van der Waals surface area (Å²) in [6.45, 7) is 0. The maximum atomic E-state index is 9.51. The maximum absolute atomic E-state index is 9.51. The molecule has 24 heavy (non-hydrogen) atoms. The lowest BCUT2D eigenvalue weighted by Crippen LogP contribution is -1.99. The second-order valence-corrected chi connectivity index (χ2v) is 7.43. The summed E-state index contributed by atoms with van der Waals surface area (Å²) in [7, 11) is 3.23.